The van der Waals surface area contributed by atoms with Gasteiger partial charge in [-0.3, -0.25) is 14.5 Å². The number of urea groups is 1. The Morgan fingerprint density at radius 1 is 1.23 bits per heavy atom. The van der Waals surface area contributed by atoms with E-state index in [4.69, 9.17) is 0 Å². The molecule has 1 saturated heterocycles. The van der Waals surface area contributed by atoms with Crippen molar-refractivity contribution in [3.8, 4) is 0 Å². The van der Waals surface area contributed by atoms with Crippen LogP contribution in [0.1, 0.15) is 56.6 Å². The van der Waals surface area contributed by atoms with Crippen LogP contribution in [-0.4, -0.2) is 35.8 Å². The average molecular weight is 357 g/mol. The monoisotopic (exact) mass is 357 g/mol. The topological polar surface area (TPSA) is 78.5 Å². The second-order valence-corrected chi connectivity index (χ2v) is 7.15. The molecule has 6 nitrogen and oxygen atoms in total. The van der Waals surface area contributed by atoms with E-state index in [1.54, 1.807) is 0 Å². The summed E-state index contributed by atoms with van der Waals surface area (Å²) in [7, 11) is 0. The minimum absolute atomic E-state index is 0.222. The average Bonchev–Trinajstić information content (AvgIpc) is 2.78. The molecule has 1 aliphatic heterocycles. The number of carbonyl (C=O) groups is 3. The smallest absolute Gasteiger partial charge is 0.325 e. The Morgan fingerprint density at radius 2 is 2.04 bits per heavy atom. The van der Waals surface area contributed by atoms with Crippen molar-refractivity contribution in [2.75, 3.05) is 13.1 Å². The lowest BCUT2D eigenvalue weighted by Gasteiger charge is -2.27. The van der Waals surface area contributed by atoms with Gasteiger partial charge in [-0.2, -0.15) is 0 Å². The van der Waals surface area contributed by atoms with Gasteiger partial charge in [-0.15, -0.1) is 0 Å². The van der Waals surface area contributed by atoms with Crippen LogP contribution in [0.5, 0.6) is 0 Å². The molecule has 0 radical (unpaired) electrons. The van der Waals surface area contributed by atoms with Gasteiger partial charge in [-0.1, -0.05) is 44.0 Å². The number of hydrogen-bond donors (Lipinski definition) is 2. The van der Waals surface area contributed by atoms with Gasteiger partial charge in [0.1, 0.15) is 12.1 Å². The van der Waals surface area contributed by atoms with Crippen LogP contribution < -0.4 is 10.6 Å². The van der Waals surface area contributed by atoms with E-state index in [1.165, 1.54) is 0 Å². The van der Waals surface area contributed by atoms with Gasteiger partial charge in [-0.25, -0.2) is 4.79 Å². The van der Waals surface area contributed by atoms with Crippen molar-refractivity contribution in [1.82, 2.24) is 15.5 Å². The van der Waals surface area contributed by atoms with Gasteiger partial charge in [0.05, 0.1) is 0 Å². The molecule has 1 spiro atoms. The van der Waals surface area contributed by atoms with E-state index in [9.17, 15) is 14.4 Å². The number of benzene rings is 1. The maximum Gasteiger partial charge on any atom is 0.325 e. The van der Waals surface area contributed by atoms with Crippen LogP contribution in [0.15, 0.2) is 24.3 Å². The van der Waals surface area contributed by atoms with Gasteiger partial charge in [0.15, 0.2) is 0 Å². The fourth-order valence-corrected chi connectivity index (χ4v) is 3.92. The fourth-order valence-electron chi connectivity index (χ4n) is 3.92. The molecule has 2 aliphatic rings. The number of nitrogens with zero attached hydrogens (tertiary/aromatic N) is 1. The predicted molar refractivity (Wildman–Crippen MR) is 98.5 cm³/mol. The zero-order valence-corrected chi connectivity index (χ0v) is 15.3. The van der Waals surface area contributed by atoms with E-state index >= 15 is 0 Å². The molecule has 1 aromatic rings. The van der Waals surface area contributed by atoms with E-state index < -0.39 is 11.6 Å². The Labute approximate surface area is 154 Å². The fraction of sp³-hybridized carbons (Fsp3) is 0.550. The van der Waals surface area contributed by atoms with E-state index in [-0.39, 0.29) is 18.4 Å². The maximum absolute atomic E-state index is 13.2. The molecule has 6 heteroatoms. The molecule has 1 aliphatic carbocycles. The van der Waals surface area contributed by atoms with Crippen LogP contribution in [0.2, 0.25) is 0 Å². The number of hydrogen-bond acceptors (Lipinski definition) is 3. The first-order valence-electron chi connectivity index (χ1n) is 9.57. The quantitative estimate of drug-likeness (QED) is 0.606. The standard InChI is InChI=1S/C20H27N3O3/c1-2-3-8-13-21-17(24)14-23-18(25)20(22-19(23)26)12-7-6-10-15-9-4-5-11-16(15)20/h4-5,9,11H,2-3,6-8,10,12-14H2,1H3,(H,21,24)(H,22,26). The summed E-state index contributed by atoms with van der Waals surface area (Å²) in [4.78, 5) is 38.9. The lowest BCUT2D eigenvalue weighted by atomic mass is 9.84. The summed E-state index contributed by atoms with van der Waals surface area (Å²) in [5.74, 6) is -0.593. The minimum atomic E-state index is -1.02. The number of amides is 4. The van der Waals surface area contributed by atoms with Gasteiger partial charge in [0, 0.05) is 6.54 Å². The lowest BCUT2D eigenvalue weighted by Crippen LogP contribution is -2.45. The number of carbonyl (C=O) groups excluding carboxylic acids is 3. The highest BCUT2D eigenvalue weighted by Crippen LogP contribution is 2.38. The van der Waals surface area contributed by atoms with E-state index in [0.717, 1.165) is 54.6 Å². The predicted octanol–water partition coefficient (Wildman–Crippen LogP) is 2.47. The number of unbranched alkanes of at least 4 members (excludes halogenated alkanes) is 2. The van der Waals surface area contributed by atoms with Crippen LogP contribution in [0.25, 0.3) is 0 Å². The molecule has 0 saturated carbocycles. The Kier molecular flexibility index (Phi) is 5.59. The molecule has 1 heterocycles. The molecular formula is C20H27N3O3. The Hall–Kier alpha value is -2.37. The molecular weight excluding hydrogens is 330 g/mol. The third-order valence-electron chi connectivity index (χ3n) is 5.30. The molecule has 1 fully saturated rings. The third kappa shape index (κ3) is 3.45. The molecule has 0 aromatic heterocycles. The highest BCUT2D eigenvalue weighted by molar-refractivity contribution is 6.09. The normalized spacial score (nSPS) is 22.1. The molecule has 1 unspecified atom stereocenters. The number of nitrogens with one attached hydrogen (secondary N) is 2. The highest BCUT2D eigenvalue weighted by Gasteiger charge is 2.53. The molecule has 2 N–H and O–H groups in total. The van der Waals surface area contributed by atoms with Gasteiger partial charge in [-0.05, 0) is 43.2 Å². The minimum Gasteiger partial charge on any atom is -0.355 e. The van der Waals surface area contributed by atoms with Crippen molar-refractivity contribution in [1.29, 1.82) is 0 Å². The second kappa shape index (κ2) is 7.89. The van der Waals surface area contributed by atoms with Crippen molar-refractivity contribution < 1.29 is 14.4 Å². The van der Waals surface area contributed by atoms with Crippen molar-refractivity contribution in [3.63, 3.8) is 0 Å². The largest absolute Gasteiger partial charge is 0.355 e. The maximum atomic E-state index is 13.2. The number of aryl methyl sites for hydroxylation is 1. The Bertz CT molecular complexity index is 703. The van der Waals surface area contributed by atoms with Gasteiger partial charge in [0.2, 0.25) is 5.91 Å². The Morgan fingerprint density at radius 3 is 2.85 bits per heavy atom. The van der Waals surface area contributed by atoms with E-state index in [1.807, 2.05) is 24.3 Å². The first-order chi connectivity index (χ1) is 12.6. The molecule has 140 valence electrons. The van der Waals surface area contributed by atoms with Crippen LogP contribution in [0.3, 0.4) is 0 Å². The van der Waals surface area contributed by atoms with Crippen LogP contribution in [0, 0.1) is 0 Å². The van der Waals surface area contributed by atoms with Crippen molar-refractivity contribution in [2.45, 2.75) is 57.4 Å². The van der Waals surface area contributed by atoms with Crippen LogP contribution in [0.4, 0.5) is 4.79 Å². The molecule has 26 heavy (non-hydrogen) atoms. The molecule has 0 bridgehead atoms. The van der Waals surface area contributed by atoms with Crippen molar-refractivity contribution in [2.24, 2.45) is 0 Å². The van der Waals surface area contributed by atoms with Gasteiger partial charge < -0.3 is 10.6 Å². The molecule has 3 rings (SSSR count). The van der Waals surface area contributed by atoms with Crippen LogP contribution >= 0.6 is 0 Å². The van der Waals surface area contributed by atoms with E-state index in [0.29, 0.717) is 13.0 Å². The Balaban J connectivity index is 1.76. The zero-order chi connectivity index (χ0) is 18.6. The summed E-state index contributed by atoms with van der Waals surface area (Å²) < 4.78 is 0. The van der Waals surface area contributed by atoms with Gasteiger partial charge in [0.25, 0.3) is 5.91 Å². The van der Waals surface area contributed by atoms with Crippen molar-refractivity contribution >= 4 is 17.8 Å². The number of fused-ring (bicyclic) bond motifs is 2. The molecule has 1 aromatic carbocycles. The van der Waals surface area contributed by atoms with Crippen molar-refractivity contribution in [3.05, 3.63) is 35.4 Å². The lowest BCUT2D eigenvalue weighted by molar-refractivity contribution is -0.135. The summed E-state index contributed by atoms with van der Waals surface area (Å²) in [6.45, 7) is 2.45. The number of imide groups is 1. The summed E-state index contributed by atoms with van der Waals surface area (Å²) in [6.07, 6.45) is 6.34. The molecule has 4 amide bonds. The molecule has 1 atom stereocenters. The summed E-state index contributed by atoms with van der Waals surface area (Å²) in [5, 5.41) is 5.70. The summed E-state index contributed by atoms with van der Waals surface area (Å²) >= 11 is 0. The van der Waals surface area contributed by atoms with Crippen LogP contribution in [-0.2, 0) is 21.5 Å². The second-order valence-electron chi connectivity index (χ2n) is 7.15. The summed E-state index contributed by atoms with van der Waals surface area (Å²) in [5.41, 5.74) is 0.957. The summed E-state index contributed by atoms with van der Waals surface area (Å²) in [6, 6.07) is 7.32. The third-order valence-corrected chi connectivity index (χ3v) is 5.30. The SMILES string of the molecule is CCCCCNC(=O)CN1C(=O)NC2(CCCCc3ccccc32)C1=O. The zero-order valence-electron chi connectivity index (χ0n) is 15.3. The van der Waals surface area contributed by atoms with Gasteiger partial charge >= 0.3 is 6.03 Å². The first kappa shape index (κ1) is 18.4. The first-order valence-corrected chi connectivity index (χ1v) is 9.57. The number of rotatable bonds is 6. The van der Waals surface area contributed by atoms with E-state index in [2.05, 4.69) is 17.6 Å². The highest BCUT2D eigenvalue weighted by atomic mass is 16.2.